The molecular formula is C20H21FN2O4. The molecule has 0 fully saturated rings. The third-order valence-corrected chi connectivity index (χ3v) is 3.97. The normalized spacial score (nSPS) is 12.7. The van der Waals surface area contributed by atoms with Gasteiger partial charge in [0.25, 0.3) is 0 Å². The highest BCUT2D eigenvalue weighted by molar-refractivity contribution is 5.90. The van der Waals surface area contributed by atoms with Crippen LogP contribution in [0.5, 0.6) is 0 Å². The molecule has 2 aromatic carbocycles. The summed E-state index contributed by atoms with van der Waals surface area (Å²) < 4.78 is 13.9. The van der Waals surface area contributed by atoms with Gasteiger partial charge in [-0.3, -0.25) is 9.59 Å². The molecule has 142 valence electrons. The lowest BCUT2D eigenvalue weighted by Crippen LogP contribution is -2.52. The van der Waals surface area contributed by atoms with Gasteiger partial charge in [-0.25, -0.2) is 9.18 Å². The first-order valence-electron chi connectivity index (χ1n) is 8.44. The number of halogens is 1. The average Bonchev–Trinajstić information content (AvgIpc) is 2.62. The molecular weight excluding hydrogens is 351 g/mol. The molecule has 0 unspecified atom stereocenters. The SMILES string of the molecule is CC(=O)N[C@@H](Cc1ccccc1F)C(=O)N[C@@H](Cc1ccccc1)C(=O)O. The minimum atomic E-state index is -1.19. The van der Waals surface area contributed by atoms with Crippen LogP contribution in [-0.4, -0.2) is 35.0 Å². The minimum Gasteiger partial charge on any atom is -0.480 e. The predicted molar refractivity (Wildman–Crippen MR) is 97.4 cm³/mol. The first-order valence-corrected chi connectivity index (χ1v) is 8.44. The topological polar surface area (TPSA) is 95.5 Å². The van der Waals surface area contributed by atoms with Crippen molar-refractivity contribution < 1.29 is 23.9 Å². The van der Waals surface area contributed by atoms with E-state index in [1.165, 1.54) is 25.1 Å². The molecule has 0 bridgehead atoms. The number of carboxylic acid groups (broad SMARTS) is 1. The van der Waals surface area contributed by atoms with Crippen LogP contribution in [0.15, 0.2) is 54.6 Å². The van der Waals surface area contributed by atoms with Crippen LogP contribution in [0.4, 0.5) is 4.39 Å². The van der Waals surface area contributed by atoms with Crippen molar-refractivity contribution in [1.29, 1.82) is 0 Å². The lowest BCUT2D eigenvalue weighted by Gasteiger charge is -2.21. The van der Waals surface area contributed by atoms with E-state index in [-0.39, 0.29) is 18.4 Å². The number of aliphatic carboxylic acids is 1. The van der Waals surface area contributed by atoms with Crippen LogP contribution in [0, 0.1) is 5.82 Å². The number of carbonyl (C=O) groups is 3. The molecule has 0 aliphatic rings. The fourth-order valence-electron chi connectivity index (χ4n) is 2.66. The molecule has 0 saturated carbocycles. The number of benzene rings is 2. The third kappa shape index (κ3) is 6.22. The van der Waals surface area contributed by atoms with Crippen LogP contribution in [0.2, 0.25) is 0 Å². The Kier molecular flexibility index (Phi) is 7.05. The van der Waals surface area contributed by atoms with Crippen LogP contribution in [0.1, 0.15) is 18.1 Å². The summed E-state index contributed by atoms with van der Waals surface area (Å²) in [7, 11) is 0. The maximum absolute atomic E-state index is 13.9. The van der Waals surface area contributed by atoms with Crippen molar-refractivity contribution in [3.05, 3.63) is 71.5 Å². The van der Waals surface area contributed by atoms with Gasteiger partial charge in [-0.1, -0.05) is 48.5 Å². The molecule has 6 nitrogen and oxygen atoms in total. The Hall–Kier alpha value is -3.22. The third-order valence-electron chi connectivity index (χ3n) is 3.97. The van der Waals surface area contributed by atoms with Gasteiger partial charge in [-0.2, -0.15) is 0 Å². The van der Waals surface area contributed by atoms with E-state index >= 15 is 0 Å². The Balaban J connectivity index is 2.13. The summed E-state index contributed by atoms with van der Waals surface area (Å²) in [6.45, 7) is 1.24. The highest BCUT2D eigenvalue weighted by Gasteiger charge is 2.27. The molecule has 0 radical (unpaired) electrons. The molecule has 0 aliphatic carbocycles. The van der Waals surface area contributed by atoms with E-state index in [1.807, 2.05) is 0 Å². The van der Waals surface area contributed by atoms with Crippen molar-refractivity contribution in [1.82, 2.24) is 10.6 Å². The second-order valence-electron chi connectivity index (χ2n) is 6.14. The first kappa shape index (κ1) is 20.1. The molecule has 7 heteroatoms. The van der Waals surface area contributed by atoms with Crippen molar-refractivity contribution in [2.24, 2.45) is 0 Å². The van der Waals surface area contributed by atoms with E-state index in [0.717, 1.165) is 5.56 Å². The van der Waals surface area contributed by atoms with Gasteiger partial charge in [-0.05, 0) is 17.2 Å². The molecule has 3 N–H and O–H groups in total. The summed E-state index contributed by atoms with van der Waals surface area (Å²) >= 11 is 0. The number of rotatable bonds is 8. The second kappa shape index (κ2) is 9.47. The average molecular weight is 372 g/mol. The monoisotopic (exact) mass is 372 g/mol. The number of hydrogen-bond donors (Lipinski definition) is 3. The molecule has 0 spiro atoms. The standard InChI is InChI=1S/C20H21FN2O4/c1-13(24)22-17(12-15-9-5-6-10-16(15)21)19(25)23-18(20(26)27)11-14-7-3-2-4-8-14/h2-10,17-18H,11-12H2,1H3,(H,22,24)(H,23,25)(H,26,27)/t17-,18-/m0/s1. The molecule has 0 heterocycles. The van der Waals surface area contributed by atoms with Gasteiger partial charge in [0.15, 0.2) is 0 Å². The summed E-state index contributed by atoms with van der Waals surface area (Å²) in [5, 5.41) is 14.3. The largest absolute Gasteiger partial charge is 0.480 e. The van der Waals surface area contributed by atoms with Gasteiger partial charge in [0.2, 0.25) is 11.8 Å². The smallest absolute Gasteiger partial charge is 0.326 e. The van der Waals surface area contributed by atoms with Gasteiger partial charge >= 0.3 is 5.97 Å². The number of hydrogen-bond acceptors (Lipinski definition) is 3. The van der Waals surface area contributed by atoms with Crippen LogP contribution in [0.25, 0.3) is 0 Å². The zero-order valence-corrected chi connectivity index (χ0v) is 14.8. The fourth-order valence-corrected chi connectivity index (χ4v) is 2.66. The van der Waals surface area contributed by atoms with Crippen LogP contribution in [-0.2, 0) is 27.2 Å². The van der Waals surface area contributed by atoms with E-state index in [1.54, 1.807) is 36.4 Å². The molecule has 2 aromatic rings. The maximum atomic E-state index is 13.9. The number of carboxylic acids is 1. The second-order valence-corrected chi connectivity index (χ2v) is 6.14. The van der Waals surface area contributed by atoms with Crippen molar-refractivity contribution >= 4 is 17.8 Å². The molecule has 2 atom stereocenters. The zero-order chi connectivity index (χ0) is 19.8. The van der Waals surface area contributed by atoms with Gasteiger partial charge < -0.3 is 15.7 Å². The first-order chi connectivity index (χ1) is 12.9. The zero-order valence-electron chi connectivity index (χ0n) is 14.8. The van der Waals surface area contributed by atoms with Crippen LogP contribution in [0.3, 0.4) is 0 Å². The Morgan fingerprint density at radius 2 is 1.56 bits per heavy atom. The van der Waals surface area contributed by atoms with E-state index in [2.05, 4.69) is 10.6 Å². The Labute approximate surface area is 156 Å². The predicted octanol–water partition coefficient (Wildman–Crippen LogP) is 1.68. The van der Waals surface area contributed by atoms with Crippen LogP contribution >= 0.6 is 0 Å². The summed E-state index contributed by atoms with van der Waals surface area (Å²) in [5.41, 5.74) is 0.997. The summed E-state index contributed by atoms with van der Waals surface area (Å²) in [4.78, 5) is 35.6. The van der Waals surface area contributed by atoms with Gasteiger partial charge in [0, 0.05) is 19.8 Å². The maximum Gasteiger partial charge on any atom is 0.326 e. The molecule has 27 heavy (non-hydrogen) atoms. The summed E-state index contributed by atoms with van der Waals surface area (Å²) in [6, 6.07) is 12.5. The van der Waals surface area contributed by atoms with E-state index in [0.29, 0.717) is 0 Å². The molecule has 0 aromatic heterocycles. The van der Waals surface area contributed by atoms with Crippen molar-refractivity contribution in [3.63, 3.8) is 0 Å². The lowest BCUT2D eigenvalue weighted by atomic mass is 10.0. The molecule has 0 saturated heterocycles. The molecule has 0 aliphatic heterocycles. The lowest BCUT2D eigenvalue weighted by molar-refractivity contribution is -0.142. The minimum absolute atomic E-state index is 0.0875. The number of amides is 2. The van der Waals surface area contributed by atoms with Gasteiger partial charge in [-0.15, -0.1) is 0 Å². The van der Waals surface area contributed by atoms with E-state index in [9.17, 15) is 23.9 Å². The highest BCUT2D eigenvalue weighted by Crippen LogP contribution is 2.10. The summed E-state index contributed by atoms with van der Waals surface area (Å²) in [5.74, 6) is -2.85. The van der Waals surface area contributed by atoms with Crippen LogP contribution < -0.4 is 10.6 Å². The Morgan fingerprint density at radius 3 is 2.15 bits per heavy atom. The number of carbonyl (C=O) groups excluding carboxylic acids is 2. The summed E-state index contributed by atoms with van der Waals surface area (Å²) in [6.07, 6.45) is 0.00413. The number of nitrogens with one attached hydrogen (secondary N) is 2. The fraction of sp³-hybridized carbons (Fsp3) is 0.250. The molecule has 2 rings (SSSR count). The van der Waals surface area contributed by atoms with Gasteiger partial charge in [0.1, 0.15) is 17.9 Å². The van der Waals surface area contributed by atoms with E-state index < -0.39 is 35.7 Å². The quantitative estimate of drug-likeness (QED) is 0.657. The van der Waals surface area contributed by atoms with Crippen molar-refractivity contribution in [2.45, 2.75) is 31.8 Å². The van der Waals surface area contributed by atoms with Crippen molar-refractivity contribution in [2.75, 3.05) is 0 Å². The Bertz CT molecular complexity index is 811. The highest BCUT2D eigenvalue weighted by atomic mass is 19.1. The van der Waals surface area contributed by atoms with E-state index in [4.69, 9.17) is 0 Å². The van der Waals surface area contributed by atoms with Crippen molar-refractivity contribution in [3.8, 4) is 0 Å². The molecule has 2 amide bonds. The Morgan fingerprint density at radius 1 is 0.926 bits per heavy atom. The van der Waals surface area contributed by atoms with Gasteiger partial charge in [0.05, 0.1) is 0 Å².